The summed E-state index contributed by atoms with van der Waals surface area (Å²) in [6.07, 6.45) is -1.05. The molecule has 1 atom stereocenters. The first-order chi connectivity index (χ1) is 10.9. The topological polar surface area (TPSA) is 81.5 Å². The molecule has 1 unspecified atom stereocenters. The van der Waals surface area contributed by atoms with Gasteiger partial charge in [0.1, 0.15) is 5.82 Å². The number of nitrogens with one attached hydrogen (secondary N) is 1. The predicted molar refractivity (Wildman–Crippen MR) is 78.2 cm³/mol. The van der Waals surface area contributed by atoms with Crippen LogP contribution in [0, 0.1) is 21.7 Å². The number of anilines is 1. The minimum absolute atomic E-state index is 0.110. The van der Waals surface area contributed by atoms with Crippen molar-refractivity contribution in [3.05, 3.63) is 64.2 Å². The molecule has 0 spiro atoms. The van der Waals surface area contributed by atoms with Crippen LogP contribution in [0.25, 0.3) is 0 Å². The third-order valence-electron chi connectivity index (χ3n) is 2.91. The number of nitro groups is 1. The molecule has 0 bridgehead atoms. The molecule has 2 rings (SSSR count). The second-order valence-electron chi connectivity index (χ2n) is 4.63. The summed E-state index contributed by atoms with van der Waals surface area (Å²) in [7, 11) is 0. The van der Waals surface area contributed by atoms with Crippen molar-refractivity contribution in [1.82, 2.24) is 0 Å². The highest BCUT2D eigenvalue weighted by Crippen LogP contribution is 2.20. The minimum atomic E-state index is -1.05. The fourth-order valence-electron chi connectivity index (χ4n) is 1.73. The smallest absolute Gasteiger partial charge is 0.269 e. The van der Waals surface area contributed by atoms with Crippen molar-refractivity contribution in [2.75, 3.05) is 5.32 Å². The predicted octanol–water partition coefficient (Wildman–Crippen LogP) is 3.28. The Bertz CT molecular complexity index is 735. The zero-order valence-corrected chi connectivity index (χ0v) is 12.0. The van der Waals surface area contributed by atoms with Crippen molar-refractivity contribution >= 4 is 17.3 Å². The summed E-state index contributed by atoms with van der Waals surface area (Å²) in [5.41, 5.74) is 0.219. The fraction of sp³-hybridized carbons (Fsp3) is 0.133. The lowest BCUT2D eigenvalue weighted by Gasteiger charge is -2.15. The van der Waals surface area contributed by atoms with E-state index in [0.717, 1.165) is 12.1 Å². The van der Waals surface area contributed by atoms with Gasteiger partial charge in [-0.15, -0.1) is 0 Å². The Morgan fingerprint density at radius 1 is 1.22 bits per heavy atom. The van der Waals surface area contributed by atoms with Crippen LogP contribution in [-0.2, 0) is 4.79 Å². The van der Waals surface area contributed by atoms with Crippen LogP contribution in [0.5, 0.6) is 5.75 Å². The summed E-state index contributed by atoms with van der Waals surface area (Å²) in [4.78, 5) is 21.9. The van der Waals surface area contributed by atoms with Crippen LogP contribution in [0.2, 0.25) is 0 Å². The molecule has 2 aromatic carbocycles. The first-order valence-electron chi connectivity index (χ1n) is 6.54. The van der Waals surface area contributed by atoms with Gasteiger partial charge in [-0.25, -0.2) is 8.78 Å². The Morgan fingerprint density at radius 3 is 2.43 bits per heavy atom. The molecule has 0 fully saturated rings. The standard InChI is InChI=1S/C15H12F2N2O4/c1-9(23-14-7-2-10(16)8-13(14)17)15(20)18-11-3-5-12(6-4-11)19(21)22/h2-9H,1H3,(H,18,20). The summed E-state index contributed by atoms with van der Waals surface area (Å²) in [5, 5.41) is 13.0. The molecule has 1 N–H and O–H groups in total. The van der Waals surface area contributed by atoms with Crippen LogP contribution >= 0.6 is 0 Å². The molecule has 1 amide bonds. The summed E-state index contributed by atoms with van der Waals surface area (Å²) in [5.74, 6) is -2.50. The van der Waals surface area contributed by atoms with Gasteiger partial charge in [0.05, 0.1) is 4.92 Å². The van der Waals surface area contributed by atoms with Gasteiger partial charge in [0.25, 0.3) is 11.6 Å². The summed E-state index contributed by atoms with van der Waals surface area (Å²) < 4.78 is 31.4. The van der Waals surface area contributed by atoms with Crippen molar-refractivity contribution in [1.29, 1.82) is 0 Å². The fourth-order valence-corrected chi connectivity index (χ4v) is 1.73. The number of carbonyl (C=O) groups is 1. The maximum atomic E-state index is 13.5. The maximum Gasteiger partial charge on any atom is 0.269 e. The third-order valence-corrected chi connectivity index (χ3v) is 2.91. The largest absolute Gasteiger partial charge is 0.478 e. The normalized spacial score (nSPS) is 11.6. The maximum absolute atomic E-state index is 13.5. The Labute approximate surface area is 129 Å². The minimum Gasteiger partial charge on any atom is -0.478 e. The monoisotopic (exact) mass is 322 g/mol. The lowest BCUT2D eigenvalue weighted by atomic mass is 10.2. The summed E-state index contributed by atoms with van der Waals surface area (Å²) >= 11 is 0. The van der Waals surface area contributed by atoms with E-state index >= 15 is 0 Å². The second kappa shape index (κ2) is 6.82. The van der Waals surface area contributed by atoms with Gasteiger partial charge < -0.3 is 10.1 Å². The van der Waals surface area contributed by atoms with Crippen molar-refractivity contribution in [2.45, 2.75) is 13.0 Å². The van der Waals surface area contributed by atoms with E-state index in [0.29, 0.717) is 11.8 Å². The number of amides is 1. The van der Waals surface area contributed by atoms with E-state index in [1.807, 2.05) is 0 Å². The summed E-state index contributed by atoms with van der Waals surface area (Å²) in [6.45, 7) is 1.39. The quantitative estimate of drug-likeness (QED) is 0.676. The van der Waals surface area contributed by atoms with Gasteiger partial charge in [0, 0.05) is 23.9 Å². The lowest BCUT2D eigenvalue weighted by Crippen LogP contribution is -2.30. The number of benzene rings is 2. The first kappa shape index (κ1) is 16.3. The molecule has 0 aliphatic rings. The molecule has 0 saturated carbocycles. The first-order valence-corrected chi connectivity index (χ1v) is 6.54. The number of nitro benzene ring substituents is 1. The highest BCUT2D eigenvalue weighted by atomic mass is 19.1. The Morgan fingerprint density at radius 2 is 1.87 bits per heavy atom. The average molecular weight is 322 g/mol. The highest BCUT2D eigenvalue weighted by molar-refractivity contribution is 5.94. The Kier molecular flexibility index (Phi) is 4.85. The zero-order chi connectivity index (χ0) is 17.0. The van der Waals surface area contributed by atoms with E-state index in [2.05, 4.69) is 5.32 Å². The average Bonchev–Trinajstić information content (AvgIpc) is 2.50. The van der Waals surface area contributed by atoms with Gasteiger partial charge in [-0.3, -0.25) is 14.9 Å². The van der Waals surface area contributed by atoms with Crippen molar-refractivity contribution in [2.24, 2.45) is 0 Å². The highest BCUT2D eigenvalue weighted by Gasteiger charge is 2.17. The van der Waals surface area contributed by atoms with Gasteiger partial charge in [-0.05, 0) is 31.2 Å². The van der Waals surface area contributed by atoms with E-state index in [1.165, 1.54) is 31.2 Å². The van der Waals surface area contributed by atoms with Gasteiger partial charge in [0.15, 0.2) is 17.7 Å². The molecule has 120 valence electrons. The number of halogens is 2. The van der Waals surface area contributed by atoms with Crippen molar-refractivity contribution < 1.29 is 23.2 Å². The van der Waals surface area contributed by atoms with E-state index in [4.69, 9.17) is 4.74 Å². The van der Waals surface area contributed by atoms with E-state index in [1.54, 1.807) is 0 Å². The van der Waals surface area contributed by atoms with Gasteiger partial charge in [-0.2, -0.15) is 0 Å². The molecule has 2 aromatic rings. The number of rotatable bonds is 5. The van der Waals surface area contributed by atoms with E-state index in [9.17, 15) is 23.7 Å². The number of non-ortho nitro benzene ring substituents is 1. The van der Waals surface area contributed by atoms with Crippen LogP contribution in [0.15, 0.2) is 42.5 Å². The van der Waals surface area contributed by atoms with Crippen molar-refractivity contribution in [3.8, 4) is 5.75 Å². The molecule has 8 heteroatoms. The molecule has 23 heavy (non-hydrogen) atoms. The second-order valence-corrected chi connectivity index (χ2v) is 4.63. The molecule has 0 heterocycles. The van der Waals surface area contributed by atoms with E-state index < -0.39 is 28.6 Å². The van der Waals surface area contributed by atoms with Gasteiger partial charge >= 0.3 is 0 Å². The zero-order valence-electron chi connectivity index (χ0n) is 12.0. The van der Waals surface area contributed by atoms with Crippen LogP contribution < -0.4 is 10.1 Å². The van der Waals surface area contributed by atoms with Gasteiger partial charge in [0.2, 0.25) is 0 Å². The SMILES string of the molecule is CC(Oc1ccc(F)cc1F)C(=O)Nc1ccc([N+](=O)[O-])cc1. The van der Waals surface area contributed by atoms with Crippen molar-refractivity contribution in [3.63, 3.8) is 0 Å². The van der Waals surface area contributed by atoms with Crippen LogP contribution in [0.4, 0.5) is 20.2 Å². The summed E-state index contributed by atoms with van der Waals surface area (Å²) in [6, 6.07) is 7.94. The number of carbonyl (C=O) groups excluding carboxylic acids is 1. The number of nitrogens with zero attached hydrogens (tertiary/aromatic N) is 1. The third kappa shape index (κ3) is 4.22. The molecular formula is C15H12F2N2O4. The molecule has 0 aliphatic heterocycles. The number of hydrogen-bond donors (Lipinski definition) is 1. The Balaban J connectivity index is 2.00. The Hall–Kier alpha value is -3.03. The van der Waals surface area contributed by atoms with E-state index in [-0.39, 0.29) is 11.4 Å². The van der Waals surface area contributed by atoms with Crippen LogP contribution in [0.1, 0.15) is 6.92 Å². The number of ether oxygens (including phenoxy) is 1. The molecule has 0 aromatic heterocycles. The molecule has 6 nitrogen and oxygen atoms in total. The lowest BCUT2D eigenvalue weighted by molar-refractivity contribution is -0.384. The van der Waals surface area contributed by atoms with Crippen LogP contribution in [0.3, 0.4) is 0 Å². The molecular weight excluding hydrogens is 310 g/mol. The van der Waals surface area contributed by atoms with Gasteiger partial charge in [-0.1, -0.05) is 0 Å². The molecule has 0 saturated heterocycles. The molecule has 0 aliphatic carbocycles. The number of hydrogen-bond acceptors (Lipinski definition) is 4. The molecule has 0 radical (unpaired) electrons. The van der Waals surface area contributed by atoms with Crippen LogP contribution in [-0.4, -0.2) is 16.9 Å².